The molecular weight excluding hydrogens is 542 g/mol. The first-order valence-corrected chi connectivity index (χ1v) is 13.9. The second kappa shape index (κ2) is 12.2. The molecule has 1 heterocycles. The Morgan fingerprint density at radius 1 is 1.02 bits per heavy atom. The van der Waals surface area contributed by atoms with E-state index in [-0.39, 0.29) is 25.0 Å². The number of nitrogens with zero attached hydrogens (tertiary/aromatic N) is 2. The number of fused-ring (bicyclic) bond motifs is 2. The first kappa shape index (κ1) is 29.8. The number of thiazole rings is 1. The van der Waals surface area contributed by atoms with Gasteiger partial charge in [0.25, 0.3) is 0 Å². The minimum absolute atomic E-state index is 0.0666. The van der Waals surface area contributed by atoms with Gasteiger partial charge in [-0.15, -0.1) is 11.3 Å². The molecule has 1 N–H and O–H groups in total. The fourth-order valence-corrected chi connectivity index (χ4v) is 5.94. The highest BCUT2D eigenvalue weighted by Gasteiger charge is 2.45. The van der Waals surface area contributed by atoms with Crippen molar-refractivity contribution in [3.8, 4) is 11.5 Å². The van der Waals surface area contributed by atoms with Crippen molar-refractivity contribution in [1.82, 2.24) is 4.98 Å². The van der Waals surface area contributed by atoms with Gasteiger partial charge in [-0.1, -0.05) is 0 Å². The lowest BCUT2D eigenvalue weighted by atomic mass is 9.76. The van der Waals surface area contributed by atoms with E-state index in [4.69, 9.17) is 14.2 Å². The van der Waals surface area contributed by atoms with Gasteiger partial charge in [0.05, 0.1) is 63.1 Å². The van der Waals surface area contributed by atoms with Crippen LogP contribution in [0.4, 0.5) is 8.78 Å². The van der Waals surface area contributed by atoms with Crippen molar-refractivity contribution in [1.29, 1.82) is 0 Å². The summed E-state index contributed by atoms with van der Waals surface area (Å²) in [6, 6.07) is 5.78. The van der Waals surface area contributed by atoms with Crippen LogP contribution in [0, 0.1) is 17.0 Å². The molecule has 1 aliphatic carbocycles. The van der Waals surface area contributed by atoms with Gasteiger partial charge in [-0.3, -0.25) is 9.59 Å². The van der Waals surface area contributed by atoms with Crippen LogP contribution >= 0.6 is 11.3 Å². The summed E-state index contributed by atoms with van der Waals surface area (Å²) in [6.45, 7) is 2.31. The molecule has 4 rings (SSSR count). The van der Waals surface area contributed by atoms with E-state index in [1.54, 1.807) is 13.2 Å². The van der Waals surface area contributed by atoms with E-state index in [0.29, 0.717) is 59.4 Å². The number of benzene rings is 2. The van der Waals surface area contributed by atoms with Crippen molar-refractivity contribution in [2.75, 3.05) is 54.6 Å². The molecule has 40 heavy (non-hydrogen) atoms. The van der Waals surface area contributed by atoms with Crippen LogP contribution in [0.1, 0.15) is 29.0 Å². The molecule has 0 bridgehead atoms. The molecular formula is C29H35F2N2O6S+. The number of ketones is 1. The summed E-state index contributed by atoms with van der Waals surface area (Å²) in [6.07, 6.45) is 0.123. The molecule has 0 aliphatic heterocycles. The largest absolute Gasteiger partial charge is 0.493 e. The van der Waals surface area contributed by atoms with Gasteiger partial charge in [-0.05, 0) is 36.1 Å². The molecule has 216 valence electrons. The Labute approximate surface area is 236 Å². The number of carboxylic acid groups (broad SMARTS) is 1. The SMILES string of the molecule is COc1cc2sc(CCC(=O)C3(CC(=O)O)Cc4cc(F)c(F)cc4C3)nc2cc1OCCOCC[N+](C)(C)C. The van der Waals surface area contributed by atoms with E-state index in [2.05, 4.69) is 26.1 Å². The van der Waals surface area contributed by atoms with Crippen molar-refractivity contribution in [3.05, 3.63) is 52.0 Å². The number of aryl methyl sites for hydroxylation is 1. The number of carboxylic acids is 1. The van der Waals surface area contributed by atoms with Crippen molar-refractivity contribution < 1.29 is 42.2 Å². The summed E-state index contributed by atoms with van der Waals surface area (Å²) in [5, 5.41) is 10.2. The fraction of sp³-hybridized carbons (Fsp3) is 0.483. The second-order valence-electron chi connectivity index (χ2n) is 11.2. The third-order valence-electron chi connectivity index (χ3n) is 7.06. The Kier molecular flexibility index (Phi) is 9.06. The van der Waals surface area contributed by atoms with Gasteiger partial charge >= 0.3 is 5.97 Å². The van der Waals surface area contributed by atoms with Crippen LogP contribution in [0.2, 0.25) is 0 Å². The van der Waals surface area contributed by atoms with Crippen LogP contribution in [0.15, 0.2) is 24.3 Å². The van der Waals surface area contributed by atoms with E-state index < -0.39 is 29.4 Å². The lowest BCUT2D eigenvalue weighted by molar-refractivity contribution is -0.870. The van der Waals surface area contributed by atoms with E-state index in [1.165, 1.54) is 11.3 Å². The van der Waals surface area contributed by atoms with Gasteiger partial charge < -0.3 is 23.8 Å². The number of carbonyl (C=O) groups is 2. The molecule has 0 amide bonds. The first-order valence-electron chi connectivity index (χ1n) is 13.1. The van der Waals surface area contributed by atoms with Crippen LogP contribution in [0.5, 0.6) is 11.5 Å². The number of Topliss-reactive ketones (excluding diaryl/α,β-unsaturated/α-hetero) is 1. The highest BCUT2D eigenvalue weighted by atomic mass is 32.1. The van der Waals surface area contributed by atoms with Crippen LogP contribution in [0.3, 0.4) is 0 Å². The standard InChI is InChI=1S/C29H34F2N2O6S/c1-33(2,3)7-8-38-9-10-39-24-13-22-25(14-23(24)37-4)40-27(32-22)6-5-26(34)29(17-28(35)36)15-18-11-20(30)21(31)12-19(18)16-29/h11-14H,5-10,15-17H2,1-4H3/p+1. The zero-order valence-corrected chi connectivity index (χ0v) is 24.0. The molecule has 0 spiro atoms. The van der Waals surface area contributed by atoms with Gasteiger partial charge in [0, 0.05) is 30.4 Å². The zero-order valence-electron chi connectivity index (χ0n) is 23.2. The number of hydrogen-bond acceptors (Lipinski definition) is 7. The molecule has 0 atom stereocenters. The third-order valence-corrected chi connectivity index (χ3v) is 8.14. The monoisotopic (exact) mass is 577 g/mol. The molecule has 0 saturated heterocycles. The Hall–Kier alpha value is -3.15. The Morgan fingerprint density at radius 2 is 1.70 bits per heavy atom. The Morgan fingerprint density at radius 3 is 2.30 bits per heavy atom. The molecule has 1 aliphatic rings. The number of likely N-dealkylation sites (N-methyl/N-ethyl adjacent to an activating group) is 1. The molecule has 8 nitrogen and oxygen atoms in total. The maximum absolute atomic E-state index is 13.8. The Bertz CT molecular complexity index is 1370. The van der Waals surface area contributed by atoms with Crippen LogP contribution in [-0.2, 0) is 33.6 Å². The summed E-state index contributed by atoms with van der Waals surface area (Å²) in [5.74, 6) is -2.27. The normalized spacial score (nSPS) is 14.3. The predicted molar refractivity (Wildman–Crippen MR) is 147 cm³/mol. The summed E-state index contributed by atoms with van der Waals surface area (Å²) in [4.78, 5) is 29.7. The van der Waals surface area contributed by atoms with Gasteiger partial charge in [-0.25, -0.2) is 13.8 Å². The molecule has 3 aromatic rings. The molecule has 0 fully saturated rings. The molecule has 0 radical (unpaired) electrons. The maximum atomic E-state index is 13.8. The number of rotatable bonds is 14. The minimum Gasteiger partial charge on any atom is -0.493 e. The molecule has 2 aromatic carbocycles. The average Bonchev–Trinajstić information content (AvgIpc) is 3.43. The number of carbonyl (C=O) groups excluding carboxylic acids is 1. The predicted octanol–water partition coefficient (Wildman–Crippen LogP) is 4.45. The lowest BCUT2D eigenvalue weighted by Gasteiger charge is -2.25. The number of halogens is 2. The maximum Gasteiger partial charge on any atom is 0.304 e. The van der Waals surface area contributed by atoms with E-state index in [1.807, 2.05) is 6.07 Å². The summed E-state index contributed by atoms with van der Waals surface area (Å²) >= 11 is 1.42. The van der Waals surface area contributed by atoms with Gasteiger partial charge in [0.15, 0.2) is 23.1 Å². The van der Waals surface area contributed by atoms with Crippen molar-refractivity contribution in [3.63, 3.8) is 0 Å². The highest BCUT2D eigenvalue weighted by molar-refractivity contribution is 7.18. The number of ether oxygens (including phenoxy) is 3. The molecule has 0 unspecified atom stereocenters. The summed E-state index contributed by atoms with van der Waals surface area (Å²) < 4.78 is 46.3. The topological polar surface area (TPSA) is 95.0 Å². The van der Waals surface area contributed by atoms with Crippen molar-refractivity contribution in [2.24, 2.45) is 5.41 Å². The van der Waals surface area contributed by atoms with E-state index in [0.717, 1.165) is 27.9 Å². The number of aromatic nitrogens is 1. The first-order chi connectivity index (χ1) is 18.9. The quantitative estimate of drug-likeness (QED) is 0.224. The summed E-state index contributed by atoms with van der Waals surface area (Å²) in [7, 11) is 7.87. The molecule has 0 saturated carbocycles. The van der Waals surface area contributed by atoms with Crippen molar-refractivity contribution in [2.45, 2.75) is 32.1 Å². The number of quaternary nitrogens is 1. The number of methoxy groups -OCH3 is 1. The number of aliphatic carboxylic acids is 1. The second-order valence-corrected chi connectivity index (χ2v) is 12.3. The van der Waals surface area contributed by atoms with Crippen LogP contribution < -0.4 is 9.47 Å². The smallest absolute Gasteiger partial charge is 0.304 e. The van der Waals surface area contributed by atoms with Gasteiger partial charge in [0.1, 0.15) is 18.9 Å². The van der Waals surface area contributed by atoms with Crippen molar-refractivity contribution >= 4 is 33.3 Å². The highest BCUT2D eigenvalue weighted by Crippen LogP contribution is 2.43. The van der Waals surface area contributed by atoms with Crippen LogP contribution in [-0.4, -0.2) is 80.9 Å². The Balaban J connectivity index is 1.41. The van der Waals surface area contributed by atoms with Gasteiger partial charge in [-0.2, -0.15) is 0 Å². The van der Waals surface area contributed by atoms with E-state index >= 15 is 0 Å². The third kappa shape index (κ3) is 7.13. The number of hydrogen-bond donors (Lipinski definition) is 1. The zero-order chi connectivity index (χ0) is 29.1. The average molecular weight is 578 g/mol. The van der Waals surface area contributed by atoms with Gasteiger partial charge in [0.2, 0.25) is 0 Å². The lowest BCUT2D eigenvalue weighted by Crippen LogP contribution is -2.37. The molecule has 11 heteroatoms. The molecule has 1 aromatic heterocycles. The van der Waals surface area contributed by atoms with E-state index in [9.17, 15) is 23.5 Å². The minimum atomic E-state index is -1.23. The summed E-state index contributed by atoms with van der Waals surface area (Å²) in [5.41, 5.74) is 0.427. The van der Waals surface area contributed by atoms with Crippen LogP contribution in [0.25, 0.3) is 10.2 Å². The fourth-order valence-electron chi connectivity index (χ4n) is 4.96.